The second-order valence-electron chi connectivity index (χ2n) is 5.21. The minimum absolute atomic E-state index is 0.120. The molecule has 0 bridgehead atoms. The summed E-state index contributed by atoms with van der Waals surface area (Å²) in [5.74, 6) is -0.791. The average molecular weight is 406 g/mol. The molecule has 122 valence electrons. The lowest BCUT2D eigenvalue weighted by molar-refractivity contribution is 0.0968. The molecule has 1 amide bonds. The highest BCUT2D eigenvalue weighted by Crippen LogP contribution is 2.26. The van der Waals surface area contributed by atoms with Gasteiger partial charge in [-0.05, 0) is 24.6 Å². The number of halogens is 1. The number of carbonyl (C=O) groups excluding carboxylic acids is 2. The molecule has 0 aliphatic rings. The predicted octanol–water partition coefficient (Wildman–Crippen LogP) is 2.51. The number of fused-ring (bicyclic) bond motifs is 1. The van der Waals surface area contributed by atoms with E-state index in [2.05, 4.69) is 20.9 Å². The molecule has 0 unspecified atom stereocenters. The third kappa shape index (κ3) is 2.90. The van der Waals surface area contributed by atoms with E-state index < -0.39 is 5.91 Å². The highest BCUT2D eigenvalue weighted by Gasteiger charge is 2.18. The van der Waals surface area contributed by atoms with Crippen LogP contribution in [-0.4, -0.2) is 21.2 Å². The van der Waals surface area contributed by atoms with Crippen molar-refractivity contribution in [2.24, 2.45) is 5.73 Å². The maximum atomic E-state index is 12.6. The summed E-state index contributed by atoms with van der Waals surface area (Å²) in [6.07, 6.45) is 1.32. The van der Waals surface area contributed by atoms with Gasteiger partial charge in [0.1, 0.15) is 4.83 Å². The molecule has 0 aliphatic carbocycles. The van der Waals surface area contributed by atoms with Crippen molar-refractivity contribution in [3.8, 4) is 0 Å². The molecule has 0 radical (unpaired) electrons. The van der Waals surface area contributed by atoms with Gasteiger partial charge in [0.05, 0.1) is 23.1 Å². The lowest BCUT2D eigenvalue weighted by Crippen LogP contribution is -2.24. The lowest BCUT2D eigenvalue weighted by Gasteiger charge is -2.05. The van der Waals surface area contributed by atoms with E-state index in [-0.39, 0.29) is 17.9 Å². The van der Waals surface area contributed by atoms with Gasteiger partial charge >= 0.3 is 0 Å². The summed E-state index contributed by atoms with van der Waals surface area (Å²) in [6, 6.07) is 6.90. The normalized spacial score (nSPS) is 10.9. The summed E-state index contributed by atoms with van der Waals surface area (Å²) in [6.45, 7) is 1.54. The zero-order valence-electron chi connectivity index (χ0n) is 12.6. The first-order valence-electron chi connectivity index (χ1n) is 6.95. The fourth-order valence-electron chi connectivity index (χ4n) is 2.39. The molecule has 0 fully saturated rings. The number of hydrogen-bond acceptors (Lipinski definition) is 5. The standard InChI is InChI=1S/C16H12BrN3O3S/c1-8-12-15(24-13(8)14(18)22)19-7-20(16(12)23)6-11(21)9-2-4-10(17)5-3-9/h2-5,7H,6H2,1H3,(H2,18,22). The molecule has 2 N–H and O–H groups in total. The SMILES string of the molecule is Cc1c(C(N)=O)sc2ncn(CC(=O)c3ccc(Br)cc3)c(=O)c12. The van der Waals surface area contributed by atoms with Crippen molar-refractivity contribution in [1.82, 2.24) is 9.55 Å². The quantitative estimate of drug-likeness (QED) is 0.674. The van der Waals surface area contributed by atoms with Crippen molar-refractivity contribution < 1.29 is 9.59 Å². The first-order valence-corrected chi connectivity index (χ1v) is 8.56. The van der Waals surface area contributed by atoms with E-state index in [1.54, 1.807) is 31.2 Å². The van der Waals surface area contributed by atoms with E-state index in [4.69, 9.17) is 5.73 Å². The number of aryl methyl sites for hydroxylation is 1. The van der Waals surface area contributed by atoms with Gasteiger partial charge in [-0.25, -0.2) is 4.98 Å². The Balaban J connectivity index is 2.01. The zero-order chi connectivity index (χ0) is 17.4. The number of hydrogen-bond donors (Lipinski definition) is 1. The van der Waals surface area contributed by atoms with Crippen molar-refractivity contribution in [3.63, 3.8) is 0 Å². The van der Waals surface area contributed by atoms with Crippen molar-refractivity contribution in [1.29, 1.82) is 0 Å². The maximum absolute atomic E-state index is 12.6. The summed E-state index contributed by atoms with van der Waals surface area (Å²) < 4.78 is 2.11. The molecule has 3 aromatic rings. The summed E-state index contributed by atoms with van der Waals surface area (Å²) in [5.41, 5.74) is 5.97. The number of nitrogens with zero attached hydrogens (tertiary/aromatic N) is 2. The van der Waals surface area contributed by atoms with Crippen LogP contribution in [0.5, 0.6) is 0 Å². The molecule has 0 aliphatic heterocycles. The Hall–Kier alpha value is -2.32. The van der Waals surface area contributed by atoms with Crippen LogP contribution in [-0.2, 0) is 6.54 Å². The van der Waals surface area contributed by atoms with E-state index in [0.717, 1.165) is 15.8 Å². The van der Waals surface area contributed by atoms with Crippen LogP contribution in [0.1, 0.15) is 25.6 Å². The van der Waals surface area contributed by atoms with Crippen molar-refractivity contribution >= 4 is 49.2 Å². The predicted molar refractivity (Wildman–Crippen MR) is 95.6 cm³/mol. The summed E-state index contributed by atoms with van der Waals surface area (Å²) in [4.78, 5) is 41.3. The van der Waals surface area contributed by atoms with Crippen LogP contribution < -0.4 is 11.3 Å². The minimum atomic E-state index is -0.590. The van der Waals surface area contributed by atoms with Crippen molar-refractivity contribution in [2.45, 2.75) is 13.5 Å². The number of Topliss-reactive ketones (excluding diaryl/α,β-unsaturated/α-hetero) is 1. The lowest BCUT2D eigenvalue weighted by atomic mass is 10.1. The summed E-state index contributed by atoms with van der Waals surface area (Å²) in [5, 5.41) is 0.333. The molecule has 0 saturated carbocycles. The molecule has 2 aromatic heterocycles. The van der Waals surface area contributed by atoms with E-state index >= 15 is 0 Å². The van der Waals surface area contributed by atoms with Crippen molar-refractivity contribution in [2.75, 3.05) is 0 Å². The molecule has 0 atom stereocenters. The van der Waals surface area contributed by atoms with Gasteiger partial charge in [-0.1, -0.05) is 28.1 Å². The number of amides is 1. The van der Waals surface area contributed by atoms with E-state index in [0.29, 0.717) is 26.2 Å². The molecular formula is C16H12BrN3O3S. The number of carbonyl (C=O) groups is 2. The largest absolute Gasteiger partial charge is 0.365 e. The van der Waals surface area contributed by atoms with E-state index in [9.17, 15) is 14.4 Å². The third-order valence-corrected chi connectivity index (χ3v) is 5.36. The number of thiophene rings is 1. The fraction of sp³-hybridized carbons (Fsp3) is 0.125. The van der Waals surface area contributed by atoms with Crippen LogP contribution in [0.3, 0.4) is 0 Å². The third-order valence-electron chi connectivity index (χ3n) is 3.62. The second kappa shape index (κ2) is 6.29. The van der Waals surface area contributed by atoms with Gasteiger partial charge in [-0.15, -0.1) is 11.3 Å². The highest BCUT2D eigenvalue weighted by atomic mass is 79.9. The number of primary amides is 1. The van der Waals surface area contributed by atoms with Crippen LogP contribution in [0.2, 0.25) is 0 Å². The molecule has 24 heavy (non-hydrogen) atoms. The minimum Gasteiger partial charge on any atom is -0.365 e. The number of benzene rings is 1. The second-order valence-corrected chi connectivity index (χ2v) is 7.12. The van der Waals surface area contributed by atoms with Gasteiger partial charge < -0.3 is 5.73 Å². The number of ketones is 1. The molecule has 0 spiro atoms. The van der Waals surface area contributed by atoms with Gasteiger partial charge in [-0.3, -0.25) is 19.0 Å². The van der Waals surface area contributed by atoms with Gasteiger partial charge in [-0.2, -0.15) is 0 Å². The van der Waals surface area contributed by atoms with Gasteiger partial charge in [0.2, 0.25) is 0 Å². The van der Waals surface area contributed by atoms with Gasteiger partial charge in [0.25, 0.3) is 11.5 Å². The van der Waals surface area contributed by atoms with Crippen molar-refractivity contribution in [3.05, 3.63) is 61.4 Å². The Morgan fingerprint density at radius 3 is 2.58 bits per heavy atom. The summed E-state index contributed by atoms with van der Waals surface area (Å²) >= 11 is 4.39. The molecule has 6 nitrogen and oxygen atoms in total. The Bertz CT molecular complexity index is 1020. The molecule has 8 heteroatoms. The number of aromatic nitrogens is 2. The monoisotopic (exact) mass is 405 g/mol. The number of rotatable bonds is 4. The van der Waals surface area contributed by atoms with Crippen LogP contribution in [0.4, 0.5) is 0 Å². The van der Waals surface area contributed by atoms with Crippen LogP contribution in [0, 0.1) is 6.92 Å². The fourth-order valence-corrected chi connectivity index (χ4v) is 3.64. The Morgan fingerprint density at radius 2 is 1.96 bits per heavy atom. The topological polar surface area (TPSA) is 95.1 Å². The molecule has 2 heterocycles. The Kier molecular flexibility index (Phi) is 4.33. The molecule has 1 aromatic carbocycles. The van der Waals surface area contributed by atoms with Crippen LogP contribution in [0.15, 0.2) is 39.9 Å². The van der Waals surface area contributed by atoms with Gasteiger partial charge in [0.15, 0.2) is 5.78 Å². The van der Waals surface area contributed by atoms with E-state index in [1.807, 2.05) is 0 Å². The molecule has 0 saturated heterocycles. The maximum Gasteiger partial charge on any atom is 0.262 e. The highest BCUT2D eigenvalue weighted by molar-refractivity contribution is 9.10. The van der Waals surface area contributed by atoms with Crippen LogP contribution in [0.25, 0.3) is 10.2 Å². The average Bonchev–Trinajstić information content (AvgIpc) is 2.88. The molecule has 3 rings (SSSR count). The molecular weight excluding hydrogens is 394 g/mol. The zero-order valence-corrected chi connectivity index (χ0v) is 15.0. The van der Waals surface area contributed by atoms with Gasteiger partial charge in [0, 0.05) is 10.0 Å². The number of nitrogens with two attached hydrogens (primary N) is 1. The Morgan fingerprint density at radius 1 is 1.29 bits per heavy atom. The summed E-state index contributed by atoms with van der Waals surface area (Å²) in [7, 11) is 0. The van der Waals surface area contributed by atoms with E-state index in [1.165, 1.54) is 10.9 Å². The smallest absolute Gasteiger partial charge is 0.262 e. The Labute approximate surface area is 149 Å². The van der Waals surface area contributed by atoms with Crippen LogP contribution >= 0.6 is 27.3 Å². The first-order chi connectivity index (χ1) is 11.4. The first kappa shape index (κ1) is 16.5.